The van der Waals surface area contributed by atoms with Crippen molar-refractivity contribution in [3.05, 3.63) is 56.5 Å². The van der Waals surface area contributed by atoms with Crippen LogP contribution in [0.4, 0.5) is 4.79 Å². The van der Waals surface area contributed by atoms with Gasteiger partial charge in [-0.05, 0) is 43.7 Å². The number of benzene rings is 1. The maximum atomic E-state index is 13.0. The summed E-state index contributed by atoms with van der Waals surface area (Å²) in [6, 6.07) is 5.34. The van der Waals surface area contributed by atoms with Gasteiger partial charge in [-0.3, -0.25) is 4.79 Å². The van der Waals surface area contributed by atoms with E-state index in [1.54, 1.807) is 12.1 Å². The van der Waals surface area contributed by atoms with Gasteiger partial charge in [-0.1, -0.05) is 35.3 Å². The van der Waals surface area contributed by atoms with E-state index in [1.807, 2.05) is 6.07 Å². The lowest BCUT2D eigenvalue weighted by Crippen LogP contribution is -2.39. The molecule has 28 heavy (non-hydrogen) atoms. The zero-order valence-corrected chi connectivity index (χ0v) is 17.1. The molecule has 2 heterocycles. The van der Waals surface area contributed by atoms with E-state index in [-0.39, 0.29) is 5.78 Å². The van der Waals surface area contributed by atoms with Gasteiger partial charge in [-0.15, -0.1) is 0 Å². The van der Waals surface area contributed by atoms with E-state index < -0.39 is 12.1 Å². The fourth-order valence-electron chi connectivity index (χ4n) is 4.43. The van der Waals surface area contributed by atoms with Gasteiger partial charge in [0.25, 0.3) is 0 Å². The van der Waals surface area contributed by atoms with Gasteiger partial charge in [-0.2, -0.15) is 0 Å². The van der Waals surface area contributed by atoms with Gasteiger partial charge in [0.1, 0.15) is 5.76 Å². The Hall–Kier alpha value is -1.98. The Labute approximate surface area is 173 Å². The summed E-state index contributed by atoms with van der Waals surface area (Å²) in [5.74, 6) is -0.0555. The van der Waals surface area contributed by atoms with Crippen molar-refractivity contribution < 1.29 is 19.1 Å². The molecular formula is C21H21Cl2NO4. The molecule has 0 bridgehead atoms. The summed E-state index contributed by atoms with van der Waals surface area (Å²) in [5, 5.41) is 0.772. The van der Waals surface area contributed by atoms with Crippen LogP contribution in [0.3, 0.4) is 0 Å². The molecule has 1 aliphatic carbocycles. The first-order valence-electron chi connectivity index (χ1n) is 9.49. The highest BCUT2D eigenvalue weighted by molar-refractivity contribution is 6.42. The molecule has 0 spiro atoms. The number of carbonyl (C=O) groups excluding carboxylic acids is 2. The van der Waals surface area contributed by atoms with Crippen LogP contribution in [-0.2, 0) is 14.3 Å². The quantitative estimate of drug-likeness (QED) is 0.583. The SMILES string of the molecule is COC(=O)OC1=C2CCCCN2C2=C(C(=O)CCC2)C1c1cccc(Cl)c1Cl. The minimum atomic E-state index is -0.802. The summed E-state index contributed by atoms with van der Waals surface area (Å²) in [6.45, 7) is 0.811. The van der Waals surface area contributed by atoms with E-state index >= 15 is 0 Å². The van der Waals surface area contributed by atoms with E-state index in [1.165, 1.54) is 7.11 Å². The number of halogens is 2. The van der Waals surface area contributed by atoms with Gasteiger partial charge in [0.2, 0.25) is 0 Å². The molecule has 148 valence electrons. The van der Waals surface area contributed by atoms with Gasteiger partial charge in [0, 0.05) is 24.2 Å². The Bertz CT molecular complexity index is 906. The number of nitrogens with zero attached hydrogens (tertiary/aromatic N) is 1. The molecule has 0 N–H and O–H groups in total. The molecule has 0 radical (unpaired) electrons. The van der Waals surface area contributed by atoms with Crippen LogP contribution in [-0.4, -0.2) is 30.5 Å². The summed E-state index contributed by atoms with van der Waals surface area (Å²) >= 11 is 12.8. The van der Waals surface area contributed by atoms with Crippen LogP contribution in [0.5, 0.6) is 0 Å². The summed E-state index contributed by atoms with van der Waals surface area (Å²) in [7, 11) is 1.27. The lowest BCUT2D eigenvalue weighted by atomic mass is 9.76. The van der Waals surface area contributed by atoms with Crippen LogP contribution >= 0.6 is 23.2 Å². The first-order valence-corrected chi connectivity index (χ1v) is 10.2. The third-order valence-corrected chi connectivity index (χ3v) is 6.45. The lowest BCUT2D eigenvalue weighted by Gasteiger charge is -2.44. The van der Waals surface area contributed by atoms with Crippen molar-refractivity contribution in [3.63, 3.8) is 0 Å². The van der Waals surface area contributed by atoms with Gasteiger partial charge >= 0.3 is 6.16 Å². The number of piperidine rings is 1. The third-order valence-electron chi connectivity index (χ3n) is 5.61. The first kappa shape index (κ1) is 19.3. The van der Waals surface area contributed by atoms with Crippen molar-refractivity contribution in [1.82, 2.24) is 4.90 Å². The molecule has 1 unspecified atom stereocenters. The van der Waals surface area contributed by atoms with Crippen LogP contribution in [0.25, 0.3) is 0 Å². The highest BCUT2D eigenvalue weighted by atomic mass is 35.5. The second-order valence-electron chi connectivity index (χ2n) is 7.19. The largest absolute Gasteiger partial charge is 0.513 e. The fourth-order valence-corrected chi connectivity index (χ4v) is 4.85. The number of carbonyl (C=O) groups is 2. The number of ether oxygens (including phenoxy) is 2. The van der Waals surface area contributed by atoms with E-state index in [0.717, 1.165) is 50.0 Å². The normalized spacial score (nSPS) is 22.0. The van der Waals surface area contributed by atoms with Crippen LogP contribution < -0.4 is 0 Å². The molecule has 1 aromatic carbocycles. The Morgan fingerprint density at radius 1 is 1.11 bits per heavy atom. The van der Waals surface area contributed by atoms with Gasteiger partial charge in [0.15, 0.2) is 5.78 Å². The number of Topliss-reactive ketones (excluding diaryl/α,β-unsaturated/α-hetero) is 1. The summed E-state index contributed by atoms with van der Waals surface area (Å²) in [4.78, 5) is 27.3. The van der Waals surface area contributed by atoms with Crippen molar-refractivity contribution in [2.75, 3.05) is 13.7 Å². The lowest BCUT2D eigenvalue weighted by molar-refractivity contribution is -0.116. The average molecular weight is 422 g/mol. The van der Waals surface area contributed by atoms with Crippen LogP contribution in [0.1, 0.15) is 50.0 Å². The second-order valence-corrected chi connectivity index (χ2v) is 7.97. The fraction of sp³-hybridized carbons (Fsp3) is 0.429. The van der Waals surface area contributed by atoms with Crippen LogP contribution in [0.15, 0.2) is 40.9 Å². The Balaban J connectivity index is 1.95. The monoisotopic (exact) mass is 421 g/mol. The standard InChI is InChI=1S/C21H21Cl2NO4/c1-27-21(26)28-20-15-8-2-3-11-24(15)14-9-5-10-16(25)18(14)17(20)12-6-4-7-13(22)19(12)23/h4,6-7,17H,2-3,5,8-11H2,1H3. The number of methoxy groups -OCH3 is 1. The van der Waals surface area contributed by atoms with Gasteiger partial charge in [0.05, 0.1) is 28.8 Å². The summed E-state index contributed by atoms with van der Waals surface area (Å²) in [5.41, 5.74) is 3.31. The zero-order chi connectivity index (χ0) is 19.8. The number of ketones is 1. The van der Waals surface area contributed by atoms with Crippen molar-refractivity contribution in [2.45, 2.75) is 44.4 Å². The molecule has 0 saturated carbocycles. The first-order chi connectivity index (χ1) is 13.5. The minimum absolute atomic E-state index is 0.0675. The highest BCUT2D eigenvalue weighted by Gasteiger charge is 2.43. The van der Waals surface area contributed by atoms with E-state index in [4.69, 9.17) is 32.7 Å². The number of fused-ring (bicyclic) bond motifs is 2. The Morgan fingerprint density at radius 3 is 2.68 bits per heavy atom. The third kappa shape index (κ3) is 3.20. The number of hydrogen-bond acceptors (Lipinski definition) is 5. The molecule has 1 atom stereocenters. The molecule has 1 aromatic rings. The molecule has 0 aromatic heterocycles. The molecule has 7 heteroatoms. The van der Waals surface area contributed by atoms with E-state index in [9.17, 15) is 9.59 Å². The average Bonchev–Trinajstić information content (AvgIpc) is 2.71. The predicted molar refractivity (Wildman–Crippen MR) is 106 cm³/mol. The second kappa shape index (κ2) is 7.80. The van der Waals surface area contributed by atoms with Crippen LogP contribution in [0, 0.1) is 0 Å². The molecule has 1 fully saturated rings. The van der Waals surface area contributed by atoms with Crippen molar-refractivity contribution in [2.24, 2.45) is 0 Å². The Kier molecular flexibility index (Phi) is 5.39. The number of allylic oxidation sites excluding steroid dienone is 3. The molecule has 3 aliphatic rings. The van der Waals surface area contributed by atoms with Crippen molar-refractivity contribution >= 4 is 35.1 Å². The maximum Gasteiger partial charge on any atom is 0.513 e. The molecule has 5 nitrogen and oxygen atoms in total. The molecular weight excluding hydrogens is 401 g/mol. The van der Waals surface area contributed by atoms with Crippen molar-refractivity contribution in [3.8, 4) is 0 Å². The topological polar surface area (TPSA) is 55.8 Å². The van der Waals surface area contributed by atoms with E-state index in [0.29, 0.717) is 33.4 Å². The maximum absolute atomic E-state index is 13.0. The minimum Gasteiger partial charge on any atom is -0.437 e. The molecule has 2 aliphatic heterocycles. The molecule has 1 saturated heterocycles. The Morgan fingerprint density at radius 2 is 1.89 bits per heavy atom. The predicted octanol–water partition coefficient (Wildman–Crippen LogP) is 5.58. The molecule has 0 amide bonds. The summed E-state index contributed by atoms with van der Waals surface area (Å²) in [6.07, 6.45) is 4.11. The summed E-state index contributed by atoms with van der Waals surface area (Å²) < 4.78 is 10.4. The van der Waals surface area contributed by atoms with Gasteiger partial charge < -0.3 is 14.4 Å². The molecule has 4 rings (SSSR count). The van der Waals surface area contributed by atoms with Crippen molar-refractivity contribution in [1.29, 1.82) is 0 Å². The van der Waals surface area contributed by atoms with Gasteiger partial charge in [-0.25, -0.2) is 4.79 Å². The highest BCUT2D eigenvalue weighted by Crippen LogP contribution is 2.50. The number of rotatable bonds is 2. The van der Waals surface area contributed by atoms with Crippen LogP contribution in [0.2, 0.25) is 10.0 Å². The smallest absolute Gasteiger partial charge is 0.437 e. The number of hydrogen-bond donors (Lipinski definition) is 0. The van der Waals surface area contributed by atoms with E-state index in [2.05, 4.69) is 4.90 Å². The zero-order valence-electron chi connectivity index (χ0n) is 15.6.